The number of hydrogen-bond donors (Lipinski definition) is 1. The maximum absolute atomic E-state index is 5.23. The molecule has 0 amide bonds. The molecule has 0 spiro atoms. The molecule has 0 heterocycles. The van der Waals surface area contributed by atoms with Crippen molar-refractivity contribution in [2.24, 2.45) is 0 Å². The molecule has 0 aliphatic heterocycles. The molecule has 0 atom stereocenters. The molecule has 3 nitrogen and oxygen atoms in total. The number of anilines is 1. The standard InChI is InChI=1S/C15H25BrN2O/c1-5-17-11-13-6-7-14(16)10-15(13)18(12(2)3)8-9-19-4/h6-7,10,12,17H,5,8-9,11H2,1-4H3. The highest BCUT2D eigenvalue weighted by molar-refractivity contribution is 9.10. The topological polar surface area (TPSA) is 24.5 Å². The van der Waals surface area contributed by atoms with Gasteiger partial charge in [-0.3, -0.25) is 0 Å². The van der Waals surface area contributed by atoms with Crippen LogP contribution >= 0.6 is 15.9 Å². The van der Waals surface area contributed by atoms with Crippen LogP contribution in [-0.2, 0) is 11.3 Å². The van der Waals surface area contributed by atoms with E-state index in [0.29, 0.717) is 6.04 Å². The van der Waals surface area contributed by atoms with E-state index in [0.717, 1.165) is 30.7 Å². The molecule has 0 unspecified atom stereocenters. The second-order valence-electron chi connectivity index (χ2n) is 4.83. The van der Waals surface area contributed by atoms with E-state index in [2.05, 4.69) is 65.1 Å². The Balaban J connectivity index is 3.00. The van der Waals surface area contributed by atoms with Gasteiger partial charge in [-0.05, 0) is 38.1 Å². The van der Waals surface area contributed by atoms with Crippen molar-refractivity contribution in [3.8, 4) is 0 Å². The lowest BCUT2D eigenvalue weighted by atomic mass is 10.1. The summed E-state index contributed by atoms with van der Waals surface area (Å²) in [6.45, 7) is 10.1. The maximum atomic E-state index is 5.23. The number of nitrogens with zero attached hydrogens (tertiary/aromatic N) is 1. The van der Waals surface area contributed by atoms with Gasteiger partial charge in [-0.15, -0.1) is 0 Å². The van der Waals surface area contributed by atoms with Gasteiger partial charge in [0.2, 0.25) is 0 Å². The van der Waals surface area contributed by atoms with E-state index in [1.165, 1.54) is 11.3 Å². The minimum atomic E-state index is 0.449. The van der Waals surface area contributed by atoms with E-state index in [1.54, 1.807) is 7.11 Å². The van der Waals surface area contributed by atoms with Gasteiger partial charge in [0.05, 0.1) is 6.61 Å². The summed E-state index contributed by atoms with van der Waals surface area (Å²) in [6.07, 6.45) is 0. The highest BCUT2D eigenvalue weighted by atomic mass is 79.9. The maximum Gasteiger partial charge on any atom is 0.0637 e. The van der Waals surface area contributed by atoms with Crippen molar-refractivity contribution >= 4 is 21.6 Å². The van der Waals surface area contributed by atoms with Gasteiger partial charge in [0.25, 0.3) is 0 Å². The van der Waals surface area contributed by atoms with Crippen molar-refractivity contribution in [3.05, 3.63) is 28.2 Å². The summed E-state index contributed by atoms with van der Waals surface area (Å²) < 4.78 is 6.34. The van der Waals surface area contributed by atoms with Gasteiger partial charge in [-0.25, -0.2) is 0 Å². The predicted octanol–water partition coefficient (Wildman–Crippen LogP) is 3.42. The molecule has 1 N–H and O–H groups in total. The van der Waals surface area contributed by atoms with Crippen LogP contribution in [0, 0.1) is 0 Å². The SMILES string of the molecule is CCNCc1ccc(Br)cc1N(CCOC)C(C)C. The molecule has 1 aromatic carbocycles. The summed E-state index contributed by atoms with van der Waals surface area (Å²) in [5, 5.41) is 3.40. The Morgan fingerprint density at radius 1 is 1.37 bits per heavy atom. The zero-order valence-electron chi connectivity index (χ0n) is 12.4. The first-order chi connectivity index (χ1) is 9.10. The van der Waals surface area contributed by atoms with E-state index in [9.17, 15) is 0 Å². The molecule has 1 aromatic rings. The van der Waals surface area contributed by atoms with Crippen molar-refractivity contribution in [1.29, 1.82) is 0 Å². The second-order valence-corrected chi connectivity index (χ2v) is 5.75. The molecule has 0 fully saturated rings. The number of benzene rings is 1. The molecule has 4 heteroatoms. The number of hydrogen-bond acceptors (Lipinski definition) is 3. The molecular weight excluding hydrogens is 304 g/mol. The molecule has 19 heavy (non-hydrogen) atoms. The Morgan fingerprint density at radius 2 is 2.11 bits per heavy atom. The number of methoxy groups -OCH3 is 1. The van der Waals surface area contributed by atoms with Crippen LogP contribution in [0.2, 0.25) is 0 Å². The van der Waals surface area contributed by atoms with Crippen LogP contribution in [0.3, 0.4) is 0 Å². The quantitative estimate of drug-likeness (QED) is 0.791. The van der Waals surface area contributed by atoms with Crippen molar-refractivity contribution in [3.63, 3.8) is 0 Å². The first-order valence-electron chi connectivity index (χ1n) is 6.84. The minimum Gasteiger partial charge on any atom is -0.383 e. The third-order valence-electron chi connectivity index (χ3n) is 3.08. The normalized spacial score (nSPS) is 11.1. The van der Waals surface area contributed by atoms with Gasteiger partial charge in [0.1, 0.15) is 0 Å². The van der Waals surface area contributed by atoms with E-state index in [1.807, 2.05) is 0 Å². The first kappa shape index (κ1) is 16.5. The Morgan fingerprint density at radius 3 is 2.68 bits per heavy atom. The lowest BCUT2D eigenvalue weighted by Gasteiger charge is -2.31. The van der Waals surface area contributed by atoms with Crippen LogP contribution in [0.1, 0.15) is 26.3 Å². The summed E-state index contributed by atoms with van der Waals surface area (Å²) in [4.78, 5) is 2.39. The summed E-state index contributed by atoms with van der Waals surface area (Å²) >= 11 is 3.57. The van der Waals surface area contributed by atoms with Crippen LogP contribution in [-0.4, -0.2) is 32.8 Å². The van der Waals surface area contributed by atoms with Gasteiger partial charge in [-0.2, -0.15) is 0 Å². The molecule has 0 aliphatic carbocycles. The molecular formula is C15H25BrN2O. The van der Waals surface area contributed by atoms with E-state index >= 15 is 0 Å². The molecule has 0 saturated heterocycles. The molecule has 0 aliphatic rings. The summed E-state index contributed by atoms with van der Waals surface area (Å²) in [6, 6.07) is 6.93. The lowest BCUT2D eigenvalue weighted by molar-refractivity contribution is 0.204. The van der Waals surface area contributed by atoms with Crippen LogP contribution in [0.25, 0.3) is 0 Å². The molecule has 108 valence electrons. The zero-order valence-corrected chi connectivity index (χ0v) is 14.0. The third kappa shape index (κ3) is 5.13. The highest BCUT2D eigenvalue weighted by Crippen LogP contribution is 2.26. The predicted molar refractivity (Wildman–Crippen MR) is 85.9 cm³/mol. The van der Waals surface area contributed by atoms with E-state index in [-0.39, 0.29) is 0 Å². The fourth-order valence-electron chi connectivity index (χ4n) is 2.06. The Hall–Kier alpha value is -0.580. The summed E-state index contributed by atoms with van der Waals surface area (Å²) in [7, 11) is 1.75. The highest BCUT2D eigenvalue weighted by Gasteiger charge is 2.14. The molecule has 0 bridgehead atoms. The Labute approximate surface area is 125 Å². The third-order valence-corrected chi connectivity index (χ3v) is 3.58. The van der Waals surface area contributed by atoms with Crippen molar-refractivity contribution in [2.75, 3.05) is 31.7 Å². The van der Waals surface area contributed by atoms with Crippen molar-refractivity contribution in [2.45, 2.75) is 33.4 Å². The number of nitrogens with one attached hydrogen (secondary N) is 1. The summed E-state index contributed by atoms with van der Waals surface area (Å²) in [5.41, 5.74) is 2.61. The smallest absolute Gasteiger partial charge is 0.0637 e. The van der Waals surface area contributed by atoms with Gasteiger partial charge in [-0.1, -0.05) is 28.9 Å². The fraction of sp³-hybridized carbons (Fsp3) is 0.600. The Kier molecular flexibility index (Phi) is 7.42. The van der Waals surface area contributed by atoms with Crippen LogP contribution in [0.4, 0.5) is 5.69 Å². The molecule has 0 radical (unpaired) electrons. The summed E-state index contributed by atoms with van der Waals surface area (Å²) in [5.74, 6) is 0. The zero-order chi connectivity index (χ0) is 14.3. The number of halogens is 1. The van der Waals surface area contributed by atoms with Crippen LogP contribution in [0.15, 0.2) is 22.7 Å². The van der Waals surface area contributed by atoms with Gasteiger partial charge in [0, 0.05) is 36.4 Å². The number of rotatable bonds is 8. The van der Waals surface area contributed by atoms with Crippen LogP contribution < -0.4 is 10.2 Å². The largest absolute Gasteiger partial charge is 0.383 e. The van der Waals surface area contributed by atoms with E-state index < -0.39 is 0 Å². The Bertz CT molecular complexity index is 382. The fourth-order valence-corrected chi connectivity index (χ4v) is 2.41. The average molecular weight is 329 g/mol. The van der Waals surface area contributed by atoms with E-state index in [4.69, 9.17) is 4.74 Å². The molecule has 1 rings (SSSR count). The minimum absolute atomic E-state index is 0.449. The molecule has 0 aromatic heterocycles. The van der Waals surface area contributed by atoms with Crippen LogP contribution in [0.5, 0.6) is 0 Å². The van der Waals surface area contributed by atoms with Gasteiger partial charge < -0.3 is 15.0 Å². The second kappa shape index (κ2) is 8.56. The average Bonchev–Trinajstić information content (AvgIpc) is 2.38. The van der Waals surface area contributed by atoms with Gasteiger partial charge in [0.15, 0.2) is 0 Å². The van der Waals surface area contributed by atoms with Crippen molar-refractivity contribution < 1.29 is 4.74 Å². The number of ether oxygens (including phenoxy) is 1. The lowest BCUT2D eigenvalue weighted by Crippen LogP contribution is -2.35. The van der Waals surface area contributed by atoms with Crippen molar-refractivity contribution in [1.82, 2.24) is 5.32 Å². The van der Waals surface area contributed by atoms with Gasteiger partial charge >= 0.3 is 0 Å². The molecule has 0 saturated carbocycles. The monoisotopic (exact) mass is 328 g/mol. The first-order valence-corrected chi connectivity index (χ1v) is 7.64.